The third-order valence-corrected chi connectivity index (χ3v) is 8.72. The van der Waals surface area contributed by atoms with Crippen LogP contribution >= 0.6 is 0 Å². The molecule has 0 spiro atoms. The normalized spacial score (nSPS) is 29.5. The van der Waals surface area contributed by atoms with E-state index in [2.05, 4.69) is 20.4 Å². The number of carbonyl (C=O) groups is 2. The van der Waals surface area contributed by atoms with Gasteiger partial charge in [-0.1, -0.05) is 38.5 Å². The first-order chi connectivity index (χ1) is 16.5. The molecule has 2 fully saturated rings. The van der Waals surface area contributed by atoms with Crippen molar-refractivity contribution in [2.24, 2.45) is 28.6 Å². The van der Waals surface area contributed by atoms with E-state index >= 15 is 0 Å². The second kappa shape index (κ2) is 10.9. The van der Waals surface area contributed by atoms with Gasteiger partial charge in [-0.2, -0.15) is 0 Å². The first-order valence-corrected chi connectivity index (χ1v) is 12.7. The minimum Gasteiger partial charge on any atom is -0.504 e. The topological polar surface area (TPSA) is 104 Å². The van der Waals surface area contributed by atoms with Gasteiger partial charge in [0.1, 0.15) is 0 Å². The first-order valence-electron chi connectivity index (χ1n) is 12.7. The van der Waals surface area contributed by atoms with Crippen LogP contribution in [0.25, 0.3) is 6.08 Å². The second-order valence-corrected chi connectivity index (χ2v) is 11.1. The van der Waals surface area contributed by atoms with Gasteiger partial charge >= 0.3 is 11.9 Å². The predicted octanol–water partition coefficient (Wildman–Crippen LogP) is 6.32. The van der Waals surface area contributed by atoms with Crippen molar-refractivity contribution in [3.63, 3.8) is 0 Å². The quantitative estimate of drug-likeness (QED) is 0.164. The molecular formula is C29H40O6. The summed E-state index contributed by atoms with van der Waals surface area (Å²) in [6.07, 6.45) is 10.2. The number of hydrogen-bond donors (Lipinski definition) is 3. The van der Waals surface area contributed by atoms with E-state index in [0.29, 0.717) is 24.0 Å². The Morgan fingerprint density at radius 1 is 1.20 bits per heavy atom. The number of allylic oxidation sites excluding steroid dienone is 1. The summed E-state index contributed by atoms with van der Waals surface area (Å²) in [5, 5.41) is 28.9. The fourth-order valence-corrected chi connectivity index (χ4v) is 6.55. The number of benzene rings is 1. The SMILES string of the molecule is C=C1CC[C@H]2[C@](C)(CCC[C@]2(C)C(=O)O)[C@@H]1CC[C@@H](C)CCOC(=O)C=Cc1ccc(O)c(O)c1. The summed E-state index contributed by atoms with van der Waals surface area (Å²) in [6.45, 7) is 11.1. The van der Waals surface area contributed by atoms with Crippen molar-refractivity contribution < 1.29 is 29.6 Å². The van der Waals surface area contributed by atoms with Gasteiger partial charge < -0.3 is 20.1 Å². The number of rotatable bonds is 9. The van der Waals surface area contributed by atoms with Crippen molar-refractivity contribution in [3.8, 4) is 11.5 Å². The number of fused-ring (bicyclic) bond motifs is 1. The van der Waals surface area contributed by atoms with E-state index in [1.54, 1.807) is 6.07 Å². The Hall–Kier alpha value is -2.76. The van der Waals surface area contributed by atoms with Crippen molar-refractivity contribution >= 4 is 18.0 Å². The number of aromatic hydroxyl groups is 2. The lowest BCUT2D eigenvalue weighted by atomic mass is 9.46. The van der Waals surface area contributed by atoms with Gasteiger partial charge in [-0.25, -0.2) is 4.79 Å². The van der Waals surface area contributed by atoms with Gasteiger partial charge in [0.05, 0.1) is 12.0 Å². The third kappa shape index (κ3) is 5.91. The molecule has 6 heteroatoms. The third-order valence-electron chi connectivity index (χ3n) is 8.72. The number of carbonyl (C=O) groups excluding carboxylic acids is 1. The Bertz CT molecular complexity index is 981. The fraction of sp³-hybridized carbons (Fsp3) is 0.586. The highest BCUT2D eigenvalue weighted by atomic mass is 16.5. The van der Waals surface area contributed by atoms with Crippen molar-refractivity contribution in [2.75, 3.05) is 6.61 Å². The molecule has 0 radical (unpaired) electrons. The lowest BCUT2D eigenvalue weighted by Gasteiger charge is -2.57. The monoisotopic (exact) mass is 484 g/mol. The van der Waals surface area contributed by atoms with Gasteiger partial charge in [-0.05, 0) is 98.8 Å². The van der Waals surface area contributed by atoms with E-state index in [9.17, 15) is 24.9 Å². The molecule has 1 aromatic rings. The van der Waals surface area contributed by atoms with E-state index in [1.807, 2.05) is 6.92 Å². The van der Waals surface area contributed by atoms with E-state index < -0.39 is 17.4 Å². The van der Waals surface area contributed by atoms with Crippen molar-refractivity contribution in [1.29, 1.82) is 0 Å². The van der Waals surface area contributed by atoms with Crippen LogP contribution in [0.3, 0.4) is 0 Å². The molecule has 2 aliphatic rings. The molecule has 0 bridgehead atoms. The van der Waals surface area contributed by atoms with Crippen LogP contribution in [0.15, 0.2) is 36.4 Å². The van der Waals surface area contributed by atoms with Crippen LogP contribution in [-0.2, 0) is 14.3 Å². The number of ether oxygens (including phenoxy) is 1. The van der Waals surface area contributed by atoms with Crippen molar-refractivity contribution in [2.45, 2.75) is 72.1 Å². The highest BCUT2D eigenvalue weighted by Gasteiger charge is 2.57. The van der Waals surface area contributed by atoms with Gasteiger partial charge in [0.15, 0.2) is 11.5 Å². The fourth-order valence-electron chi connectivity index (χ4n) is 6.55. The van der Waals surface area contributed by atoms with Crippen LogP contribution in [0, 0.1) is 28.6 Å². The van der Waals surface area contributed by atoms with E-state index in [0.717, 1.165) is 51.4 Å². The maximum absolute atomic E-state index is 12.2. The van der Waals surface area contributed by atoms with Crippen LogP contribution in [-0.4, -0.2) is 33.9 Å². The Kier molecular flexibility index (Phi) is 8.34. The highest BCUT2D eigenvalue weighted by Crippen LogP contribution is 2.62. The molecule has 35 heavy (non-hydrogen) atoms. The molecule has 6 nitrogen and oxygen atoms in total. The lowest BCUT2D eigenvalue weighted by Crippen LogP contribution is -2.53. The molecule has 192 valence electrons. The summed E-state index contributed by atoms with van der Waals surface area (Å²) in [7, 11) is 0. The molecule has 2 saturated carbocycles. The number of phenols is 2. The van der Waals surface area contributed by atoms with Crippen LogP contribution in [0.2, 0.25) is 0 Å². The zero-order valence-corrected chi connectivity index (χ0v) is 21.3. The number of esters is 1. The van der Waals surface area contributed by atoms with Crippen LogP contribution in [0.5, 0.6) is 11.5 Å². The predicted molar refractivity (Wildman–Crippen MR) is 136 cm³/mol. The van der Waals surface area contributed by atoms with Gasteiger partial charge in [0.25, 0.3) is 0 Å². The molecular weight excluding hydrogens is 444 g/mol. The molecule has 3 rings (SSSR count). The van der Waals surface area contributed by atoms with Gasteiger partial charge in [-0.3, -0.25) is 4.79 Å². The average Bonchev–Trinajstić information content (AvgIpc) is 2.79. The van der Waals surface area contributed by atoms with Crippen LogP contribution in [0.1, 0.15) is 77.7 Å². The molecule has 0 amide bonds. The number of carboxylic acid groups (broad SMARTS) is 1. The van der Waals surface area contributed by atoms with Gasteiger partial charge in [0.2, 0.25) is 0 Å². The molecule has 0 aromatic heterocycles. The summed E-state index contributed by atoms with van der Waals surface area (Å²) >= 11 is 0. The highest BCUT2D eigenvalue weighted by molar-refractivity contribution is 5.87. The van der Waals surface area contributed by atoms with Crippen LogP contribution < -0.4 is 0 Å². The molecule has 1 aromatic carbocycles. The summed E-state index contributed by atoms with van der Waals surface area (Å²) in [5.74, 6) is -0.685. The Morgan fingerprint density at radius 2 is 1.94 bits per heavy atom. The second-order valence-electron chi connectivity index (χ2n) is 11.1. The molecule has 0 heterocycles. The molecule has 5 atom stereocenters. The Morgan fingerprint density at radius 3 is 2.63 bits per heavy atom. The number of hydrogen-bond acceptors (Lipinski definition) is 5. The maximum Gasteiger partial charge on any atom is 0.330 e. The summed E-state index contributed by atoms with van der Waals surface area (Å²) < 4.78 is 5.34. The van der Waals surface area contributed by atoms with E-state index in [-0.39, 0.29) is 22.8 Å². The zero-order valence-electron chi connectivity index (χ0n) is 21.3. The van der Waals surface area contributed by atoms with Crippen molar-refractivity contribution in [3.05, 3.63) is 42.0 Å². The minimum absolute atomic E-state index is 0.0274. The minimum atomic E-state index is -0.661. The first kappa shape index (κ1) is 26.8. The number of phenolic OH excluding ortho intramolecular Hbond substituents is 2. The van der Waals surface area contributed by atoms with Gasteiger partial charge in [-0.15, -0.1) is 0 Å². The standard InChI is InChI=1S/C29H40O6/c1-19(14-17-35-26(32)13-9-21-8-11-23(30)24(31)18-21)6-10-22-20(2)7-12-25-28(22,3)15-5-16-29(25,4)27(33)34/h8-9,11,13,18-19,22,25,30-31H,2,5-7,10,12,14-17H2,1,3-4H3,(H,33,34)/t19-,22-,25+,28-,29+/m1/s1. The Labute approximate surface area is 208 Å². The van der Waals surface area contributed by atoms with E-state index in [4.69, 9.17) is 4.74 Å². The average molecular weight is 485 g/mol. The molecule has 3 N–H and O–H groups in total. The largest absolute Gasteiger partial charge is 0.504 e. The zero-order chi connectivity index (χ0) is 25.8. The molecule has 0 aliphatic heterocycles. The molecule has 2 aliphatic carbocycles. The van der Waals surface area contributed by atoms with Crippen molar-refractivity contribution in [1.82, 2.24) is 0 Å². The number of carboxylic acids is 1. The summed E-state index contributed by atoms with van der Waals surface area (Å²) in [5.41, 5.74) is 1.17. The molecule has 0 saturated heterocycles. The smallest absolute Gasteiger partial charge is 0.330 e. The molecule has 0 unspecified atom stereocenters. The number of aliphatic carboxylic acids is 1. The summed E-state index contributed by atoms with van der Waals surface area (Å²) in [4.78, 5) is 24.2. The summed E-state index contributed by atoms with van der Waals surface area (Å²) in [6, 6.07) is 4.33. The maximum atomic E-state index is 12.2. The Balaban J connectivity index is 1.49. The van der Waals surface area contributed by atoms with Gasteiger partial charge in [0, 0.05) is 6.08 Å². The lowest BCUT2D eigenvalue weighted by molar-refractivity contribution is -0.164. The van der Waals surface area contributed by atoms with Crippen LogP contribution in [0.4, 0.5) is 0 Å². The van der Waals surface area contributed by atoms with E-state index in [1.165, 1.54) is 29.9 Å².